The standard InChI is InChI=1S/C15H26N2O4/c1-18-7-5-17(6-8-19-2)11-12-9-13(16)15(21-4)14(10-12)20-3/h9-10H,5-8,11,16H2,1-4H3. The molecule has 6 heteroatoms. The number of ether oxygens (including phenoxy) is 4. The predicted octanol–water partition coefficient (Wildman–Crippen LogP) is 1.38. The van der Waals surface area contributed by atoms with Crippen LogP contribution in [0.15, 0.2) is 12.1 Å². The van der Waals surface area contributed by atoms with Gasteiger partial charge in [-0.3, -0.25) is 4.90 Å². The summed E-state index contributed by atoms with van der Waals surface area (Å²) in [6, 6.07) is 3.86. The van der Waals surface area contributed by atoms with Crippen molar-refractivity contribution in [1.82, 2.24) is 4.90 Å². The number of rotatable bonds is 10. The fourth-order valence-corrected chi connectivity index (χ4v) is 2.11. The second-order valence-electron chi connectivity index (χ2n) is 4.68. The van der Waals surface area contributed by atoms with E-state index >= 15 is 0 Å². The molecule has 0 unspecified atom stereocenters. The van der Waals surface area contributed by atoms with Crippen molar-refractivity contribution in [2.45, 2.75) is 6.54 Å². The number of hydrogen-bond acceptors (Lipinski definition) is 6. The third-order valence-electron chi connectivity index (χ3n) is 3.20. The minimum Gasteiger partial charge on any atom is -0.493 e. The van der Waals surface area contributed by atoms with Crippen LogP contribution in [0.3, 0.4) is 0 Å². The van der Waals surface area contributed by atoms with Crippen LogP contribution in [0.5, 0.6) is 11.5 Å². The molecule has 0 aromatic heterocycles. The first-order valence-electron chi connectivity index (χ1n) is 6.86. The molecule has 1 rings (SSSR count). The van der Waals surface area contributed by atoms with Crippen molar-refractivity contribution < 1.29 is 18.9 Å². The summed E-state index contributed by atoms with van der Waals surface area (Å²) in [6.45, 7) is 3.75. The second-order valence-corrected chi connectivity index (χ2v) is 4.68. The SMILES string of the molecule is COCCN(CCOC)Cc1cc(N)c(OC)c(OC)c1. The summed E-state index contributed by atoms with van der Waals surface area (Å²) in [5.74, 6) is 1.22. The normalized spacial score (nSPS) is 10.9. The largest absolute Gasteiger partial charge is 0.493 e. The molecular formula is C15H26N2O4. The molecule has 1 aromatic carbocycles. The molecule has 0 fully saturated rings. The van der Waals surface area contributed by atoms with Crippen LogP contribution in [0.4, 0.5) is 5.69 Å². The van der Waals surface area contributed by atoms with Crippen LogP contribution in [-0.4, -0.2) is 59.6 Å². The van der Waals surface area contributed by atoms with Gasteiger partial charge in [0.25, 0.3) is 0 Å². The molecule has 0 bridgehead atoms. The number of methoxy groups -OCH3 is 4. The lowest BCUT2D eigenvalue weighted by molar-refractivity contribution is 0.110. The number of nitrogens with two attached hydrogens (primary N) is 1. The molecule has 6 nitrogen and oxygen atoms in total. The quantitative estimate of drug-likeness (QED) is 0.658. The van der Waals surface area contributed by atoms with Gasteiger partial charge in [0.05, 0.1) is 33.1 Å². The molecule has 0 amide bonds. The Hall–Kier alpha value is -1.50. The van der Waals surface area contributed by atoms with Crippen molar-refractivity contribution in [3.05, 3.63) is 17.7 Å². The maximum Gasteiger partial charge on any atom is 0.183 e. The highest BCUT2D eigenvalue weighted by Crippen LogP contribution is 2.34. The van der Waals surface area contributed by atoms with Gasteiger partial charge in [-0.1, -0.05) is 0 Å². The topological polar surface area (TPSA) is 66.2 Å². The zero-order valence-corrected chi connectivity index (χ0v) is 13.3. The van der Waals surface area contributed by atoms with Gasteiger partial charge < -0.3 is 24.7 Å². The second kappa shape index (κ2) is 9.44. The third kappa shape index (κ3) is 5.41. The van der Waals surface area contributed by atoms with Gasteiger partial charge in [0, 0.05) is 33.9 Å². The van der Waals surface area contributed by atoms with Crippen LogP contribution < -0.4 is 15.2 Å². The summed E-state index contributed by atoms with van der Waals surface area (Å²) in [5.41, 5.74) is 7.65. The van der Waals surface area contributed by atoms with Crippen molar-refractivity contribution in [3.63, 3.8) is 0 Å². The number of benzene rings is 1. The van der Waals surface area contributed by atoms with Gasteiger partial charge in [-0.25, -0.2) is 0 Å². The minimum absolute atomic E-state index is 0.571. The number of nitrogen functional groups attached to an aromatic ring is 1. The van der Waals surface area contributed by atoms with Crippen LogP contribution in [0.1, 0.15) is 5.56 Å². The molecular weight excluding hydrogens is 272 g/mol. The Bertz CT molecular complexity index is 418. The van der Waals surface area contributed by atoms with E-state index in [1.54, 1.807) is 28.4 Å². The highest BCUT2D eigenvalue weighted by molar-refractivity contribution is 5.62. The predicted molar refractivity (Wildman–Crippen MR) is 83.0 cm³/mol. The highest BCUT2D eigenvalue weighted by Gasteiger charge is 2.12. The first-order valence-corrected chi connectivity index (χ1v) is 6.86. The van der Waals surface area contributed by atoms with Gasteiger partial charge in [-0.15, -0.1) is 0 Å². The molecule has 0 radical (unpaired) electrons. The molecule has 21 heavy (non-hydrogen) atoms. The van der Waals surface area contributed by atoms with Gasteiger partial charge in [0.15, 0.2) is 11.5 Å². The Kier molecular flexibility index (Phi) is 7.89. The Morgan fingerprint density at radius 3 is 2.05 bits per heavy atom. The number of anilines is 1. The molecule has 0 atom stereocenters. The maximum absolute atomic E-state index is 6.01. The smallest absolute Gasteiger partial charge is 0.183 e. The Labute approximate surface area is 126 Å². The van der Waals surface area contributed by atoms with Gasteiger partial charge in [0.1, 0.15) is 0 Å². The van der Waals surface area contributed by atoms with Crippen molar-refractivity contribution in [1.29, 1.82) is 0 Å². The minimum atomic E-state index is 0.571. The summed E-state index contributed by atoms with van der Waals surface area (Å²) in [6.07, 6.45) is 0. The Balaban J connectivity index is 2.84. The van der Waals surface area contributed by atoms with Crippen LogP contribution in [0.25, 0.3) is 0 Å². The average molecular weight is 298 g/mol. The van der Waals surface area contributed by atoms with E-state index in [1.165, 1.54) is 0 Å². The first kappa shape index (κ1) is 17.6. The molecule has 1 aromatic rings. The monoisotopic (exact) mass is 298 g/mol. The lowest BCUT2D eigenvalue weighted by Gasteiger charge is -2.22. The van der Waals surface area contributed by atoms with Crippen LogP contribution in [0, 0.1) is 0 Å². The van der Waals surface area contributed by atoms with Crippen molar-refractivity contribution in [2.24, 2.45) is 0 Å². The van der Waals surface area contributed by atoms with Gasteiger partial charge >= 0.3 is 0 Å². The molecule has 0 aliphatic heterocycles. The third-order valence-corrected chi connectivity index (χ3v) is 3.20. The van der Waals surface area contributed by atoms with E-state index in [9.17, 15) is 0 Å². The van der Waals surface area contributed by atoms with E-state index in [-0.39, 0.29) is 0 Å². The van der Waals surface area contributed by atoms with E-state index in [0.29, 0.717) is 30.4 Å². The Morgan fingerprint density at radius 2 is 1.57 bits per heavy atom. The number of nitrogens with zero attached hydrogens (tertiary/aromatic N) is 1. The Morgan fingerprint density at radius 1 is 0.952 bits per heavy atom. The molecule has 0 aliphatic rings. The summed E-state index contributed by atoms with van der Waals surface area (Å²) in [7, 11) is 6.58. The summed E-state index contributed by atoms with van der Waals surface area (Å²) < 4.78 is 20.9. The van der Waals surface area contributed by atoms with Gasteiger partial charge in [0.2, 0.25) is 0 Å². The van der Waals surface area contributed by atoms with E-state index < -0.39 is 0 Å². The fraction of sp³-hybridized carbons (Fsp3) is 0.600. The maximum atomic E-state index is 6.01. The summed E-state index contributed by atoms with van der Waals surface area (Å²) in [4.78, 5) is 2.24. The zero-order valence-electron chi connectivity index (χ0n) is 13.3. The van der Waals surface area contributed by atoms with E-state index in [1.807, 2.05) is 12.1 Å². The van der Waals surface area contributed by atoms with Gasteiger partial charge in [-0.2, -0.15) is 0 Å². The van der Waals surface area contributed by atoms with Crippen LogP contribution >= 0.6 is 0 Å². The molecule has 0 spiro atoms. The highest BCUT2D eigenvalue weighted by atomic mass is 16.5. The van der Waals surface area contributed by atoms with E-state index in [4.69, 9.17) is 24.7 Å². The van der Waals surface area contributed by atoms with Gasteiger partial charge in [-0.05, 0) is 17.7 Å². The fourth-order valence-electron chi connectivity index (χ4n) is 2.11. The molecule has 0 heterocycles. The van der Waals surface area contributed by atoms with Crippen molar-refractivity contribution in [2.75, 3.05) is 60.5 Å². The van der Waals surface area contributed by atoms with Crippen molar-refractivity contribution in [3.8, 4) is 11.5 Å². The zero-order chi connectivity index (χ0) is 15.7. The van der Waals surface area contributed by atoms with Crippen molar-refractivity contribution >= 4 is 5.69 Å². The molecule has 0 aliphatic carbocycles. The molecule has 2 N–H and O–H groups in total. The van der Waals surface area contributed by atoms with E-state index in [2.05, 4.69) is 4.90 Å². The molecule has 0 saturated heterocycles. The lowest BCUT2D eigenvalue weighted by atomic mass is 10.1. The summed E-state index contributed by atoms with van der Waals surface area (Å²) in [5, 5.41) is 0. The van der Waals surface area contributed by atoms with Crippen LogP contribution in [0.2, 0.25) is 0 Å². The summed E-state index contributed by atoms with van der Waals surface area (Å²) >= 11 is 0. The number of hydrogen-bond donors (Lipinski definition) is 1. The van der Waals surface area contributed by atoms with E-state index in [0.717, 1.165) is 25.2 Å². The molecule has 0 saturated carbocycles. The first-order chi connectivity index (χ1) is 10.2. The average Bonchev–Trinajstić information content (AvgIpc) is 2.49. The molecule has 120 valence electrons. The lowest BCUT2D eigenvalue weighted by Crippen LogP contribution is -2.30. The van der Waals surface area contributed by atoms with Crippen LogP contribution in [-0.2, 0) is 16.0 Å².